The molecule has 0 aliphatic carbocycles. The van der Waals surface area contributed by atoms with Crippen molar-refractivity contribution < 1.29 is 22.8 Å². The molecule has 0 saturated heterocycles. The van der Waals surface area contributed by atoms with Crippen molar-refractivity contribution in [3.63, 3.8) is 0 Å². The molecule has 114 valence electrons. The zero-order chi connectivity index (χ0) is 15.8. The van der Waals surface area contributed by atoms with Gasteiger partial charge in [0.1, 0.15) is 17.5 Å². The predicted molar refractivity (Wildman–Crippen MR) is 70.0 cm³/mol. The highest BCUT2D eigenvalue weighted by molar-refractivity contribution is 7.89. The quantitative estimate of drug-likeness (QED) is 0.813. The summed E-state index contributed by atoms with van der Waals surface area (Å²) in [5, 5.41) is 16.4. The van der Waals surface area contributed by atoms with Gasteiger partial charge in [-0.3, -0.25) is 4.68 Å². The summed E-state index contributed by atoms with van der Waals surface area (Å²) < 4.78 is 32.9. The number of carboxylic acid groups (broad SMARTS) is 1. The van der Waals surface area contributed by atoms with E-state index in [0.29, 0.717) is 0 Å². The third kappa shape index (κ3) is 2.81. The first-order chi connectivity index (χ1) is 9.65. The van der Waals surface area contributed by atoms with Crippen molar-refractivity contribution in [1.29, 1.82) is 0 Å². The first kappa shape index (κ1) is 15.2. The van der Waals surface area contributed by atoms with Crippen molar-refractivity contribution in [3.8, 4) is 0 Å². The smallest absolute Gasteiger partial charge is 0.341 e. The van der Waals surface area contributed by atoms with Crippen LogP contribution in [0.2, 0.25) is 0 Å². The summed E-state index contributed by atoms with van der Waals surface area (Å²) in [6.07, 6.45) is 2.30. The van der Waals surface area contributed by atoms with E-state index in [2.05, 4.69) is 19.5 Å². The average Bonchev–Trinajstić information content (AvgIpc) is 2.94. The second-order valence-electron chi connectivity index (χ2n) is 4.91. The molecule has 0 unspecified atom stereocenters. The zero-order valence-corrected chi connectivity index (χ0v) is 12.4. The van der Waals surface area contributed by atoms with Gasteiger partial charge >= 0.3 is 5.97 Å². The maximum Gasteiger partial charge on any atom is 0.341 e. The Labute approximate surface area is 120 Å². The van der Waals surface area contributed by atoms with Gasteiger partial charge in [-0.1, -0.05) is 5.16 Å². The minimum absolute atomic E-state index is 0.0132. The molecule has 0 aliphatic rings. The average molecular weight is 314 g/mol. The minimum atomic E-state index is -3.90. The highest BCUT2D eigenvalue weighted by atomic mass is 32.2. The van der Waals surface area contributed by atoms with Gasteiger partial charge in [-0.15, -0.1) is 0 Å². The summed E-state index contributed by atoms with van der Waals surface area (Å²) in [4.78, 5) is 11.1. The lowest BCUT2D eigenvalue weighted by molar-refractivity contribution is 0.0693. The molecule has 2 N–H and O–H groups in total. The van der Waals surface area contributed by atoms with Crippen LogP contribution in [-0.2, 0) is 22.6 Å². The number of carbonyl (C=O) groups is 1. The fourth-order valence-electron chi connectivity index (χ4n) is 1.90. The first-order valence-corrected chi connectivity index (χ1v) is 7.33. The SMILES string of the molecule is Cn1nccc1S(=O)(=O)NC(C)(C)c1nocc1C(=O)O. The van der Waals surface area contributed by atoms with Crippen molar-refractivity contribution in [1.82, 2.24) is 19.7 Å². The standard InChI is InChI=1S/C11H14N4O5S/c1-11(2,9-7(10(16)17)6-20-13-9)14-21(18,19)8-4-5-12-15(8)3/h4-6,14H,1-3H3,(H,16,17). The molecule has 0 atom stereocenters. The van der Waals surface area contributed by atoms with Crippen LogP contribution < -0.4 is 4.72 Å². The molecule has 0 bridgehead atoms. The Morgan fingerprint density at radius 1 is 1.48 bits per heavy atom. The number of hydrogen-bond donors (Lipinski definition) is 2. The zero-order valence-electron chi connectivity index (χ0n) is 11.6. The van der Waals surface area contributed by atoms with Crippen LogP contribution in [0, 0.1) is 0 Å². The molecule has 0 spiro atoms. The first-order valence-electron chi connectivity index (χ1n) is 5.85. The lowest BCUT2D eigenvalue weighted by Gasteiger charge is -2.23. The highest BCUT2D eigenvalue weighted by Crippen LogP contribution is 2.25. The van der Waals surface area contributed by atoms with E-state index in [4.69, 9.17) is 5.11 Å². The van der Waals surface area contributed by atoms with E-state index in [0.717, 1.165) is 6.26 Å². The van der Waals surface area contributed by atoms with E-state index < -0.39 is 21.5 Å². The van der Waals surface area contributed by atoms with Crippen molar-refractivity contribution in [2.75, 3.05) is 0 Å². The summed E-state index contributed by atoms with van der Waals surface area (Å²) >= 11 is 0. The Balaban J connectivity index is 2.40. The molecule has 2 aromatic rings. The Kier molecular flexibility index (Phi) is 3.59. The molecule has 21 heavy (non-hydrogen) atoms. The molecule has 0 saturated carbocycles. The number of nitrogens with zero attached hydrogens (tertiary/aromatic N) is 3. The lowest BCUT2D eigenvalue weighted by atomic mass is 9.99. The number of aromatic carboxylic acids is 1. The van der Waals surface area contributed by atoms with Crippen LogP contribution in [0.25, 0.3) is 0 Å². The number of aryl methyl sites for hydroxylation is 1. The van der Waals surface area contributed by atoms with Crippen LogP contribution in [0.15, 0.2) is 28.1 Å². The van der Waals surface area contributed by atoms with Crippen molar-refractivity contribution in [3.05, 3.63) is 29.8 Å². The number of nitrogens with one attached hydrogen (secondary N) is 1. The topological polar surface area (TPSA) is 127 Å². The van der Waals surface area contributed by atoms with Crippen molar-refractivity contribution >= 4 is 16.0 Å². The number of carboxylic acids is 1. The molecule has 2 aromatic heterocycles. The second-order valence-corrected chi connectivity index (χ2v) is 6.53. The third-order valence-corrected chi connectivity index (χ3v) is 4.56. The van der Waals surface area contributed by atoms with E-state index in [1.54, 1.807) is 0 Å². The van der Waals surface area contributed by atoms with Crippen LogP contribution in [0.1, 0.15) is 29.9 Å². The van der Waals surface area contributed by atoms with Gasteiger partial charge in [0, 0.05) is 7.05 Å². The maximum atomic E-state index is 12.3. The van der Waals surface area contributed by atoms with Gasteiger partial charge in [0.25, 0.3) is 10.0 Å². The fourth-order valence-corrected chi connectivity index (χ4v) is 3.41. The van der Waals surface area contributed by atoms with Crippen LogP contribution >= 0.6 is 0 Å². The second kappa shape index (κ2) is 4.97. The Hall–Kier alpha value is -2.20. The molecule has 9 nitrogen and oxygen atoms in total. The molecular formula is C11H14N4O5S. The molecule has 0 aliphatic heterocycles. The largest absolute Gasteiger partial charge is 0.478 e. The number of aromatic nitrogens is 3. The van der Waals surface area contributed by atoms with E-state index >= 15 is 0 Å². The van der Waals surface area contributed by atoms with Gasteiger partial charge in [0.2, 0.25) is 0 Å². The Morgan fingerprint density at radius 2 is 2.14 bits per heavy atom. The molecule has 2 rings (SSSR count). The molecule has 10 heteroatoms. The minimum Gasteiger partial charge on any atom is -0.478 e. The summed E-state index contributed by atoms with van der Waals surface area (Å²) in [5.41, 5.74) is -1.49. The highest BCUT2D eigenvalue weighted by Gasteiger charge is 2.35. The molecule has 0 aromatic carbocycles. The molecular weight excluding hydrogens is 300 g/mol. The van der Waals surface area contributed by atoms with Crippen molar-refractivity contribution in [2.24, 2.45) is 7.05 Å². The summed E-state index contributed by atoms with van der Waals surface area (Å²) in [5.74, 6) is -1.25. The van der Waals surface area contributed by atoms with E-state index in [9.17, 15) is 13.2 Å². The lowest BCUT2D eigenvalue weighted by Crippen LogP contribution is -2.42. The van der Waals surface area contributed by atoms with Gasteiger partial charge < -0.3 is 9.63 Å². The van der Waals surface area contributed by atoms with Crippen LogP contribution in [0.3, 0.4) is 0 Å². The van der Waals surface area contributed by atoms with Gasteiger partial charge in [0.05, 0.1) is 11.7 Å². The van der Waals surface area contributed by atoms with Crippen molar-refractivity contribution in [2.45, 2.75) is 24.4 Å². The van der Waals surface area contributed by atoms with E-state index in [-0.39, 0.29) is 16.3 Å². The van der Waals surface area contributed by atoms with Gasteiger partial charge in [0.15, 0.2) is 5.03 Å². The maximum absolute atomic E-state index is 12.3. The van der Waals surface area contributed by atoms with Gasteiger partial charge in [-0.2, -0.15) is 9.82 Å². The molecule has 0 radical (unpaired) electrons. The predicted octanol–water partition coefficient (Wildman–Crippen LogP) is 0.320. The molecule has 0 fully saturated rings. The van der Waals surface area contributed by atoms with E-state index in [1.165, 1.54) is 37.8 Å². The van der Waals surface area contributed by atoms with Crippen LogP contribution in [0.5, 0.6) is 0 Å². The third-order valence-electron chi connectivity index (χ3n) is 2.83. The molecule has 2 heterocycles. The normalized spacial score (nSPS) is 12.5. The van der Waals surface area contributed by atoms with Crippen LogP contribution in [0.4, 0.5) is 0 Å². The van der Waals surface area contributed by atoms with Crippen LogP contribution in [-0.4, -0.2) is 34.4 Å². The summed E-state index contributed by atoms with van der Waals surface area (Å²) in [6, 6.07) is 1.33. The van der Waals surface area contributed by atoms with Gasteiger partial charge in [-0.05, 0) is 19.9 Å². The van der Waals surface area contributed by atoms with Gasteiger partial charge in [-0.25, -0.2) is 13.2 Å². The number of hydrogen-bond acceptors (Lipinski definition) is 6. The number of rotatable bonds is 5. The number of sulfonamides is 1. The molecule has 0 amide bonds. The Bertz CT molecular complexity index is 774. The van der Waals surface area contributed by atoms with E-state index in [1.807, 2.05) is 0 Å². The monoisotopic (exact) mass is 314 g/mol. The summed E-state index contributed by atoms with van der Waals surface area (Å²) in [6.45, 7) is 2.98. The Morgan fingerprint density at radius 3 is 2.67 bits per heavy atom. The fraction of sp³-hybridized carbons (Fsp3) is 0.364. The summed E-state index contributed by atoms with van der Waals surface area (Å²) in [7, 11) is -2.41.